The van der Waals surface area contributed by atoms with Crippen molar-refractivity contribution in [2.45, 2.75) is 52.9 Å². The van der Waals surface area contributed by atoms with Crippen molar-refractivity contribution in [2.75, 3.05) is 18.0 Å². The molecule has 0 aliphatic heterocycles. The van der Waals surface area contributed by atoms with Crippen molar-refractivity contribution >= 4 is 28.0 Å². The van der Waals surface area contributed by atoms with E-state index in [9.17, 15) is 4.79 Å². The fourth-order valence-corrected chi connectivity index (χ4v) is 5.12. The van der Waals surface area contributed by atoms with Crippen LogP contribution in [-0.4, -0.2) is 18.1 Å². The summed E-state index contributed by atoms with van der Waals surface area (Å²) in [5.74, 6) is 0. The zero-order chi connectivity index (χ0) is 23.2. The third kappa shape index (κ3) is 5.19. The Kier molecular flexibility index (Phi) is 7.61. The van der Waals surface area contributed by atoms with Crippen molar-refractivity contribution in [3.05, 3.63) is 69.9 Å². The highest BCUT2D eigenvalue weighted by Crippen LogP contribution is 2.32. The molecule has 2 aromatic heterocycles. The largest absolute Gasteiger partial charge is 0.422 e. The summed E-state index contributed by atoms with van der Waals surface area (Å²) in [5.41, 5.74) is 5.27. The number of rotatable bonds is 10. The van der Waals surface area contributed by atoms with E-state index in [-0.39, 0.29) is 5.63 Å². The van der Waals surface area contributed by atoms with Crippen molar-refractivity contribution in [1.29, 1.82) is 0 Å². The minimum Gasteiger partial charge on any atom is -0.422 e. The maximum absolute atomic E-state index is 12.9. The lowest BCUT2D eigenvalue weighted by Gasteiger charge is -2.24. The van der Waals surface area contributed by atoms with Gasteiger partial charge in [-0.2, -0.15) is 0 Å². The van der Waals surface area contributed by atoms with Gasteiger partial charge in [0.25, 0.3) is 0 Å². The SMILES string of the molecule is CCCCCCc1cc2cc(-c3nc(-c4ccccc4)cs3)c(=O)oc2cc1N(CC)CC. The number of aryl methyl sites for hydroxylation is 1. The molecule has 4 rings (SSSR count). The van der Waals surface area contributed by atoms with Gasteiger partial charge in [-0.05, 0) is 44.4 Å². The van der Waals surface area contributed by atoms with Crippen LogP contribution in [0.3, 0.4) is 0 Å². The number of benzene rings is 2. The maximum Gasteiger partial charge on any atom is 0.346 e. The van der Waals surface area contributed by atoms with Crippen molar-refractivity contribution in [3.63, 3.8) is 0 Å². The summed E-state index contributed by atoms with van der Waals surface area (Å²) in [4.78, 5) is 20.0. The number of hydrogen-bond donors (Lipinski definition) is 0. The Morgan fingerprint density at radius 1 is 0.970 bits per heavy atom. The molecule has 172 valence electrons. The molecule has 0 saturated heterocycles. The number of hydrogen-bond acceptors (Lipinski definition) is 5. The first-order valence-corrected chi connectivity index (χ1v) is 12.9. The maximum atomic E-state index is 12.9. The number of anilines is 1. The fraction of sp³-hybridized carbons (Fsp3) is 0.357. The van der Waals surface area contributed by atoms with E-state index < -0.39 is 0 Å². The third-order valence-electron chi connectivity index (χ3n) is 6.14. The second-order valence-corrected chi connectivity index (χ2v) is 9.21. The number of thiazole rings is 1. The predicted octanol–water partition coefficient (Wildman–Crippen LogP) is 7.55. The van der Waals surface area contributed by atoms with E-state index in [4.69, 9.17) is 9.40 Å². The van der Waals surface area contributed by atoms with Crippen molar-refractivity contribution in [3.8, 4) is 21.8 Å². The molecule has 0 fully saturated rings. The van der Waals surface area contributed by atoms with Crippen LogP contribution in [0, 0.1) is 0 Å². The van der Waals surface area contributed by atoms with Gasteiger partial charge in [0.05, 0.1) is 11.3 Å². The van der Waals surface area contributed by atoms with E-state index in [1.54, 1.807) is 0 Å². The van der Waals surface area contributed by atoms with Gasteiger partial charge in [0, 0.05) is 41.2 Å². The summed E-state index contributed by atoms with van der Waals surface area (Å²) in [5, 5.41) is 3.65. The normalized spacial score (nSPS) is 11.2. The minimum atomic E-state index is -0.336. The number of aromatic nitrogens is 1. The molecule has 2 heterocycles. The molecule has 2 aromatic carbocycles. The number of nitrogens with zero attached hydrogens (tertiary/aromatic N) is 2. The molecule has 0 aliphatic rings. The van der Waals surface area contributed by atoms with Crippen LogP contribution < -0.4 is 10.5 Å². The average Bonchev–Trinajstić information content (AvgIpc) is 3.33. The lowest BCUT2D eigenvalue weighted by Crippen LogP contribution is -2.23. The van der Waals surface area contributed by atoms with Gasteiger partial charge in [0.2, 0.25) is 0 Å². The Morgan fingerprint density at radius 3 is 2.48 bits per heavy atom. The molecule has 0 amide bonds. The van der Waals surface area contributed by atoms with Crippen LogP contribution in [0.2, 0.25) is 0 Å². The van der Waals surface area contributed by atoms with E-state index in [0.717, 1.165) is 36.2 Å². The molecule has 5 heteroatoms. The van der Waals surface area contributed by atoms with Crippen molar-refractivity contribution < 1.29 is 4.42 Å². The Morgan fingerprint density at radius 2 is 1.76 bits per heavy atom. The molecule has 0 saturated carbocycles. The van der Waals surface area contributed by atoms with Crippen molar-refractivity contribution in [2.24, 2.45) is 0 Å². The molecule has 0 N–H and O–H groups in total. The van der Waals surface area contributed by atoms with Crippen LogP contribution in [0.15, 0.2) is 63.1 Å². The van der Waals surface area contributed by atoms with Crippen LogP contribution in [0.4, 0.5) is 5.69 Å². The highest BCUT2D eigenvalue weighted by atomic mass is 32.1. The molecular formula is C28H32N2O2S. The van der Waals surface area contributed by atoms with Gasteiger partial charge in [-0.3, -0.25) is 0 Å². The first kappa shape index (κ1) is 23.2. The highest BCUT2D eigenvalue weighted by Gasteiger charge is 2.16. The Balaban J connectivity index is 1.74. The van der Waals surface area contributed by atoms with E-state index in [2.05, 4.69) is 37.8 Å². The molecule has 33 heavy (non-hydrogen) atoms. The van der Waals surface area contributed by atoms with Gasteiger partial charge < -0.3 is 9.32 Å². The zero-order valence-electron chi connectivity index (χ0n) is 19.8. The summed E-state index contributed by atoms with van der Waals surface area (Å²) in [6.45, 7) is 8.42. The van der Waals surface area contributed by atoms with E-state index in [1.807, 2.05) is 41.8 Å². The summed E-state index contributed by atoms with van der Waals surface area (Å²) in [7, 11) is 0. The van der Waals surface area contributed by atoms with Gasteiger partial charge in [-0.25, -0.2) is 9.78 Å². The summed E-state index contributed by atoms with van der Waals surface area (Å²) >= 11 is 1.48. The standard InChI is InChI=1S/C28H32N2O2S/c1-4-7-8-10-15-21-16-22-17-23(27-29-24(19-33-27)20-13-11-9-12-14-20)28(31)32-26(22)18-25(21)30(5-2)6-3/h9,11-14,16-19H,4-8,10,15H2,1-3H3. The smallest absolute Gasteiger partial charge is 0.346 e. The number of unbranched alkanes of at least 4 members (excludes halogenated alkanes) is 3. The van der Waals surface area contributed by atoms with E-state index in [1.165, 1.54) is 48.3 Å². The van der Waals surface area contributed by atoms with Crippen LogP contribution in [0.25, 0.3) is 32.8 Å². The van der Waals surface area contributed by atoms with Crippen LogP contribution >= 0.6 is 11.3 Å². The van der Waals surface area contributed by atoms with Gasteiger partial charge in [0.1, 0.15) is 10.6 Å². The quantitative estimate of drug-likeness (QED) is 0.181. The molecule has 4 aromatic rings. The first-order chi connectivity index (χ1) is 16.1. The molecular weight excluding hydrogens is 428 g/mol. The van der Waals surface area contributed by atoms with E-state index in [0.29, 0.717) is 16.2 Å². The second kappa shape index (κ2) is 10.8. The molecule has 4 nitrogen and oxygen atoms in total. The van der Waals surface area contributed by atoms with Crippen molar-refractivity contribution in [1.82, 2.24) is 4.98 Å². The zero-order valence-corrected chi connectivity index (χ0v) is 20.6. The topological polar surface area (TPSA) is 46.3 Å². The fourth-order valence-electron chi connectivity index (χ4n) is 4.29. The molecule has 0 radical (unpaired) electrons. The van der Waals surface area contributed by atoms with Crippen LogP contribution in [0.1, 0.15) is 52.0 Å². The lowest BCUT2D eigenvalue weighted by atomic mass is 10.0. The molecule has 0 spiro atoms. The number of fused-ring (bicyclic) bond motifs is 1. The average molecular weight is 461 g/mol. The molecule has 0 unspecified atom stereocenters. The third-order valence-corrected chi connectivity index (χ3v) is 7.02. The van der Waals surface area contributed by atoms with Crippen LogP contribution in [-0.2, 0) is 6.42 Å². The van der Waals surface area contributed by atoms with Gasteiger partial charge in [-0.15, -0.1) is 11.3 Å². The highest BCUT2D eigenvalue weighted by molar-refractivity contribution is 7.13. The molecule has 0 bridgehead atoms. The van der Waals surface area contributed by atoms with E-state index >= 15 is 0 Å². The first-order valence-electron chi connectivity index (χ1n) is 12.0. The Bertz CT molecular complexity index is 1260. The predicted molar refractivity (Wildman–Crippen MR) is 140 cm³/mol. The molecule has 0 aliphatic carbocycles. The second-order valence-electron chi connectivity index (χ2n) is 8.35. The minimum absolute atomic E-state index is 0.336. The lowest BCUT2D eigenvalue weighted by molar-refractivity contribution is 0.563. The monoisotopic (exact) mass is 460 g/mol. The van der Waals surface area contributed by atoms with Gasteiger partial charge >= 0.3 is 5.63 Å². The summed E-state index contributed by atoms with van der Waals surface area (Å²) in [6.07, 6.45) is 5.94. The van der Waals surface area contributed by atoms with Crippen LogP contribution in [0.5, 0.6) is 0 Å². The van der Waals surface area contributed by atoms with Gasteiger partial charge in [0.15, 0.2) is 0 Å². The van der Waals surface area contributed by atoms with Gasteiger partial charge in [-0.1, -0.05) is 56.5 Å². The summed E-state index contributed by atoms with van der Waals surface area (Å²) in [6, 6.07) is 16.3. The summed E-state index contributed by atoms with van der Waals surface area (Å²) < 4.78 is 5.82. The Hall–Kier alpha value is -2.92. The molecule has 0 atom stereocenters. The Labute approximate surface area is 199 Å².